The van der Waals surface area contributed by atoms with Gasteiger partial charge in [0, 0.05) is 18.5 Å². The smallest absolute Gasteiger partial charge is 0.230 e. The number of hydrogen-bond acceptors (Lipinski definition) is 5. The molecular weight excluding hydrogens is 308 g/mol. The SMILES string of the molecule is CCc1nc([C@@H]2CN(C(=O)[C@@H](C)c3cc(C)oc3C)CCO2)n[nH]1. The number of amides is 1. The number of hydrogen-bond donors (Lipinski definition) is 1. The summed E-state index contributed by atoms with van der Waals surface area (Å²) in [5.74, 6) is 2.93. The fraction of sp³-hybridized carbons (Fsp3) is 0.588. The van der Waals surface area contributed by atoms with Gasteiger partial charge in [-0.1, -0.05) is 6.92 Å². The van der Waals surface area contributed by atoms with Crippen molar-refractivity contribution in [2.45, 2.75) is 46.1 Å². The number of morpholine rings is 1. The Hall–Kier alpha value is -2.15. The van der Waals surface area contributed by atoms with Gasteiger partial charge in [0.15, 0.2) is 5.82 Å². The number of aromatic amines is 1. The molecule has 0 aliphatic carbocycles. The zero-order chi connectivity index (χ0) is 17.3. The molecule has 0 aromatic carbocycles. The maximum absolute atomic E-state index is 12.9. The van der Waals surface area contributed by atoms with Crippen molar-refractivity contribution in [2.75, 3.05) is 19.7 Å². The van der Waals surface area contributed by atoms with Crippen LogP contribution in [0.5, 0.6) is 0 Å². The van der Waals surface area contributed by atoms with E-state index in [1.165, 1.54) is 0 Å². The lowest BCUT2D eigenvalue weighted by Gasteiger charge is -2.33. The maximum atomic E-state index is 12.9. The number of aryl methyl sites for hydroxylation is 3. The Morgan fingerprint density at radius 3 is 2.92 bits per heavy atom. The Morgan fingerprint density at radius 1 is 1.50 bits per heavy atom. The highest BCUT2D eigenvalue weighted by Crippen LogP contribution is 2.27. The quantitative estimate of drug-likeness (QED) is 0.928. The van der Waals surface area contributed by atoms with Crippen molar-refractivity contribution in [3.63, 3.8) is 0 Å². The van der Waals surface area contributed by atoms with Crippen molar-refractivity contribution in [1.82, 2.24) is 20.1 Å². The largest absolute Gasteiger partial charge is 0.466 e. The van der Waals surface area contributed by atoms with Crippen LogP contribution in [0.25, 0.3) is 0 Å². The molecule has 1 N–H and O–H groups in total. The van der Waals surface area contributed by atoms with Crippen molar-refractivity contribution >= 4 is 5.91 Å². The summed E-state index contributed by atoms with van der Waals surface area (Å²) in [6, 6.07) is 1.94. The number of aromatic nitrogens is 3. The Balaban J connectivity index is 1.71. The van der Waals surface area contributed by atoms with Crippen LogP contribution in [0.2, 0.25) is 0 Å². The van der Waals surface area contributed by atoms with Crippen molar-refractivity contribution < 1.29 is 13.9 Å². The lowest BCUT2D eigenvalue weighted by atomic mass is 9.99. The summed E-state index contributed by atoms with van der Waals surface area (Å²) in [5.41, 5.74) is 0.951. The summed E-state index contributed by atoms with van der Waals surface area (Å²) in [4.78, 5) is 19.1. The van der Waals surface area contributed by atoms with E-state index in [-0.39, 0.29) is 17.9 Å². The second-order valence-electron chi connectivity index (χ2n) is 6.23. The summed E-state index contributed by atoms with van der Waals surface area (Å²) >= 11 is 0. The molecule has 0 unspecified atom stereocenters. The number of H-pyrrole nitrogens is 1. The Kier molecular flexibility index (Phi) is 4.71. The molecule has 7 heteroatoms. The van der Waals surface area contributed by atoms with Gasteiger partial charge in [-0.05, 0) is 26.8 Å². The number of rotatable bonds is 4. The first-order valence-electron chi connectivity index (χ1n) is 8.38. The highest BCUT2D eigenvalue weighted by Gasteiger charge is 2.31. The molecule has 2 atom stereocenters. The van der Waals surface area contributed by atoms with Crippen molar-refractivity contribution in [3.05, 3.63) is 34.8 Å². The van der Waals surface area contributed by atoms with Gasteiger partial charge in [0.2, 0.25) is 5.91 Å². The van der Waals surface area contributed by atoms with E-state index in [9.17, 15) is 4.79 Å². The molecule has 3 heterocycles. The topological polar surface area (TPSA) is 84.2 Å². The first-order valence-corrected chi connectivity index (χ1v) is 8.38. The fourth-order valence-electron chi connectivity index (χ4n) is 3.11. The third-order valence-electron chi connectivity index (χ3n) is 4.47. The van der Waals surface area contributed by atoms with E-state index in [2.05, 4.69) is 15.2 Å². The highest BCUT2D eigenvalue weighted by molar-refractivity contribution is 5.83. The Bertz CT molecular complexity index is 721. The second kappa shape index (κ2) is 6.76. The Morgan fingerprint density at radius 2 is 2.29 bits per heavy atom. The third-order valence-corrected chi connectivity index (χ3v) is 4.47. The van der Waals surface area contributed by atoms with Crippen LogP contribution in [0, 0.1) is 13.8 Å². The van der Waals surface area contributed by atoms with Crippen molar-refractivity contribution in [2.24, 2.45) is 0 Å². The van der Waals surface area contributed by atoms with Gasteiger partial charge in [-0.2, -0.15) is 5.10 Å². The molecule has 1 aliphatic rings. The number of furan rings is 1. The second-order valence-corrected chi connectivity index (χ2v) is 6.23. The molecule has 130 valence electrons. The normalized spacial score (nSPS) is 19.5. The summed E-state index contributed by atoms with van der Waals surface area (Å²) in [7, 11) is 0. The van der Waals surface area contributed by atoms with Gasteiger partial charge in [-0.3, -0.25) is 9.89 Å². The predicted molar refractivity (Wildman–Crippen MR) is 87.6 cm³/mol. The number of nitrogens with one attached hydrogen (secondary N) is 1. The molecule has 1 saturated heterocycles. The molecule has 0 bridgehead atoms. The third kappa shape index (κ3) is 3.21. The average molecular weight is 332 g/mol. The average Bonchev–Trinajstić information content (AvgIpc) is 3.19. The molecule has 7 nitrogen and oxygen atoms in total. The lowest BCUT2D eigenvalue weighted by molar-refractivity contribution is -0.140. The number of carbonyl (C=O) groups is 1. The van der Waals surface area contributed by atoms with Gasteiger partial charge in [0.1, 0.15) is 23.4 Å². The van der Waals surface area contributed by atoms with Gasteiger partial charge in [0.05, 0.1) is 19.1 Å². The zero-order valence-corrected chi connectivity index (χ0v) is 14.6. The van der Waals surface area contributed by atoms with E-state index in [1.807, 2.05) is 38.7 Å². The minimum Gasteiger partial charge on any atom is -0.466 e. The molecule has 0 spiro atoms. The first-order chi connectivity index (χ1) is 11.5. The van der Waals surface area contributed by atoms with Gasteiger partial charge >= 0.3 is 0 Å². The summed E-state index contributed by atoms with van der Waals surface area (Å²) in [5, 5.41) is 7.11. The summed E-state index contributed by atoms with van der Waals surface area (Å²) in [6.07, 6.45) is 0.511. The monoisotopic (exact) mass is 332 g/mol. The predicted octanol–water partition coefficient (Wildman–Crippen LogP) is 2.28. The lowest BCUT2D eigenvalue weighted by Crippen LogP contribution is -2.44. The van der Waals surface area contributed by atoms with Crippen LogP contribution in [0.1, 0.15) is 54.6 Å². The molecule has 1 fully saturated rings. The molecule has 0 saturated carbocycles. The molecule has 2 aromatic heterocycles. The van der Waals surface area contributed by atoms with Crippen LogP contribution in [0.15, 0.2) is 10.5 Å². The van der Waals surface area contributed by atoms with E-state index in [0.29, 0.717) is 25.5 Å². The molecular formula is C17H24N4O3. The van der Waals surface area contributed by atoms with Gasteiger partial charge in [-0.25, -0.2) is 4.98 Å². The van der Waals surface area contributed by atoms with Crippen LogP contribution in [-0.2, 0) is 16.0 Å². The van der Waals surface area contributed by atoms with E-state index in [0.717, 1.165) is 29.3 Å². The number of nitrogens with zero attached hydrogens (tertiary/aromatic N) is 3. The molecule has 24 heavy (non-hydrogen) atoms. The zero-order valence-electron chi connectivity index (χ0n) is 14.6. The van der Waals surface area contributed by atoms with Crippen LogP contribution in [-0.4, -0.2) is 45.7 Å². The van der Waals surface area contributed by atoms with Crippen LogP contribution in [0.3, 0.4) is 0 Å². The van der Waals surface area contributed by atoms with Gasteiger partial charge in [-0.15, -0.1) is 0 Å². The minimum atomic E-state index is -0.279. The maximum Gasteiger partial charge on any atom is 0.230 e. The van der Waals surface area contributed by atoms with Gasteiger partial charge < -0.3 is 14.1 Å². The Labute approximate surface area is 141 Å². The van der Waals surface area contributed by atoms with Crippen molar-refractivity contribution in [1.29, 1.82) is 0 Å². The van der Waals surface area contributed by atoms with E-state index in [4.69, 9.17) is 9.15 Å². The fourth-order valence-corrected chi connectivity index (χ4v) is 3.11. The minimum absolute atomic E-state index is 0.0819. The first kappa shape index (κ1) is 16.7. The van der Waals surface area contributed by atoms with E-state index >= 15 is 0 Å². The molecule has 0 radical (unpaired) electrons. The number of ether oxygens (including phenoxy) is 1. The molecule has 3 rings (SSSR count). The number of carbonyl (C=O) groups excluding carboxylic acids is 1. The molecule has 1 aliphatic heterocycles. The van der Waals surface area contributed by atoms with Crippen LogP contribution < -0.4 is 0 Å². The standard InChI is InChI=1S/C17H24N4O3/c1-5-15-18-16(20-19-15)14-9-21(6-7-23-14)17(22)11(3)13-8-10(2)24-12(13)4/h8,11,14H,5-7,9H2,1-4H3,(H,18,19,20)/t11-,14-/m0/s1. The van der Waals surface area contributed by atoms with E-state index in [1.54, 1.807) is 0 Å². The summed E-state index contributed by atoms with van der Waals surface area (Å²) in [6.45, 7) is 9.27. The molecule has 2 aromatic rings. The van der Waals surface area contributed by atoms with Gasteiger partial charge in [0.25, 0.3) is 0 Å². The molecule has 1 amide bonds. The van der Waals surface area contributed by atoms with Crippen LogP contribution in [0.4, 0.5) is 0 Å². The summed E-state index contributed by atoms with van der Waals surface area (Å²) < 4.78 is 11.3. The van der Waals surface area contributed by atoms with Crippen LogP contribution >= 0.6 is 0 Å². The highest BCUT2D eigenvalue weighted by atomic mass is 16.5. The van der Waals surface area contributed by atoms with Crippen molar-refractivity contribution in [3.8, 4) is 0 Å². The van der Waals surface area contributed by atoms with E-state index < -0.39 is 0 Å².